The Bertz CT molecular complexity index is 870. The van der Waals surface area contributed by atoms with Gasteiger partial charge in [0.1, 0.15) is 0 Å². The van der Waals surface area contributed by atoms with Crippen LogP contribution in [-0.4, -0.2) is 16.3 Å². The molecule has 0 bridgehead atoms. The predicted molar refractivity (Wildman–Crippen MR) is 69.8 cm³/mol. The number of fused-ring (bicyclic) bond motifs is 10. The Hall–Kier alpha value is 0.829. The van der Waals surface area contributed by atoms with Crippen molar-refractivity contribution < 1.29 is 11.6 Å². The van der Waals surface area contributed by atoms with Gasteiger partial charge >= 0.3 is 102 Å². The molecule has 0 aromatic heterocycles. The molecule has 10 rings (SSSR count). The number of hydrogen-bond donors (Lipinski definition) is 1. The van der Waals surface area contributed by atoms with Crippen LogP contribution >= 0.6 is 11.8 Å². The van der Waals surface area contributed by atoms with Crippen molar-refractivity contribution in [1.82, 2.24) is 0 Å². The average Bonchev–Trinajstić information content (AvgIpc) is 3.31. The van der Waals surface area contributed by atoms with Crippen molar-refractivity contribution in [3.63, 3.8) is 0 Å². The third kappa shape index (κ3) is 0.0834. The van der Waals surface area contributed by atoms with Gasteiger partial charge in [-0.25, -0.2) is 0 Å². The number of thioether (sulfide) groups is 1. The van der Waals surface area contributed by atoms with Crippen LogP contribution in [0, 0.1) is 0 Å². The molecule has 18 heavy (non-hydrogen) atoms. The van der Waals surface area contributed by atoms with Gasteiger partial charge in [-0.05, 0) is 0 Å². The molecule has 1 nitrogen and oxygen atoms in total. The number of hydrogen-bond acceptors (Lipinski definition) is 2. The van der Waals surface area contributed by atoms with E-state index in [-0.39, 0.29) is 5.44 Å². The summed E-state index contributed by atoms with van der Waals surface area (Å²) < 4.78 is 0.720. The number of aliphatic hydroxyl groups is 1. The predicted octanol–water partition coefficient (Wildman–Crippen LogP) is 4.60. The monoisotopic (exact) mass is 304 g/mol. The molecule has 1 N–H and O–H groups in total. The summed E-state index contributed by atoms with van der Waals surface area (Å²) in [6.07, 6.45) is 2.61. The molecule has 10 aliphatic rings. The fourth-order valence-electron chi connectivity index (χ4n) is 17.5. The molecule has 0 aromatic carbocycles. The fraction of sp³-hybridized carbons (Fsp3) is 1.00. The molecule has 1 spiro atoms. The minimum absolute atomic E-state index is 0.123. The van der Waals surface area contributed by atoms with Gasteiger partial charge in [-0.15, -0.1) is 0 Å². The fourth-order valence-corrected chi connectivity index (χ4v) is 95.3. The third-order valence-corrected chi connectivity index (χ3v) is 60.0. The molecule has 10 saturated heterocycles. The molecule has 10 aliphatic heterocycles. The molecule has 100 valence electrons. The summed E-state index contributed by atoms with van der Waals surface area (Å²) in [5, 5.41) is 11.1. The van der Waals surface area contributed by atoms with E-state index in [1.165, 1.54) is 61.9 Å². The second kappa shape index (κ2) is 0.685. The van der Waals surface area contributed by atoms with Crippen molar-refractivity contribution in [2.45, 2.75) is 72.9 Å². The maximum atomic E-state index is 11.1. The van der Waals surface area contributed by atoms with Gasteiger partial charge in [0.05, 0.1) is 0 Å². The van der Waals surface area contributed by atoms with Crippen LogP contribution in [0.3, 0.4) is 0 Å². The molecule has 0 saturated carbocycles. The van der Waals surface area contributed by atoms with Crippen molar-refractivity contribution in [2.24, 2.45) is 0 Å². The molecule has 0 aromatic rings. The molecule has 10 heterocycles. The van der Waals surface area contributed by atoms with Crippen LogP contribution in [0.2, 0.25) is 47.7 Å². The molecule has 0 radical (unpaired) electrons. The second-order valence-electron chi connectivity index (χ2n) is 11.3. The summed E-state index contributed by atoms with van der Waals surface area (Å²) in [5.41, 5.74) is 0.123. The minimum atomic E-state index is -2.96. The number of rotatable bonds is 5. The Morgan fingerprint density at radius 2 is 1.61 bits per heavy atom. The zero-order valence-electron chi connectivity index (χ0n) is 10.6. The first-order valence-electron chi connectivity index (χ1n) is 8.04. The quantitative estimate of drug-likeness (QED) is 0.455. The Kier molecular flexibility index (Phi) is 0.294. The van der Waals surface area contributed by atoms with Crippen LogP contribution in [0.15, 0.2) is 0 Å². The van der Waals surface area contributed by atoms with Gasteiger partial charge in [0.2, 0.25) is 0 Å². The van der Waals surface area contributed by atoms with Crippen molar-refractivity contribution in [3.8, 4) is 0 Å². The second-order valence-corrected chi connectivity index (χ2v) is 36.1. The molecule has 10 fully saturated rings. The first-order chi connectivity index (χ1) is 8.53. The van der Waals surface area contributed by atoms with Crippen molar-refractivity contribution in [1.29, 1.82) is 0 Å². The van der Waals surface area contributed by atoms with Gasteiger partial charge in [-0.2, -0.15) is 0 Å². The van der Waals surface area contributed by atoms with Crippen molar-refractivity contribution >= 4 is 11.8 Å². The molecular formula is C15H20FeOS. The van der Waals surface area contributed by atoms with Crippen LogP contribution in [0.25, 0.3) is 0 Å². The summed E-state index contributed by atoms with van der Waals surface area (Å²) in [6.45, 7) is -0.686. The Labute approximate surface area is 102 Å². The summed E-state index contributed by atoms with van der Waals surface area (Å²) in [6, 6.07) is 0. The standard InChI is InChI=1S/C10H15OS.C5H5.Fe/c1-2-3-8-12-10(11)9-6-4-5-7-9;1-2-4-5-3-1;/h4-7,10-11H,2-3,8H2,1H3;1-5H;. The molecular weight excluding hydrogens is 284 g/mol. The first kappa shape index (κ1) is 7.73. The van der Waals surface area contributed by atoms with E-state index in [2.05, 4.69) is 6.92 Å². The van der Waals surface area contributed by atoms with E-state index >= 15 is 0 Å². The Morgan fingerprint density at radius 3 is 1.94 bits per heavy atom. The zero-order chi connectivity index (χ0) is 11.4. The number of aliphatic hydroxyl groups excluding tert-OH is 1. The molecule has 0 aliphatic carbocycles. The third-order valence-electron chi connectivity index (χ3n) is 15.9. The van der Waals surface area contributed by atoms with E-state index < -0.39 is 6.51 Å². The van der Waals surface area contributed by atoms with Gasteiger partial charge in [-0.3, -0.25) is 0 Å². The Balaban J connectivity index is 1.32. The van der Waals surface area contributed by atoms with E-state index in [1.54, 1.807) is 0 Å². The zero-order valence-corrected chi connectivity index (χ0v) is 12.5. The van der Waals surface area contributed by atoms with Gasteiger partial charge < -0.3 is 0 Å². The van der Waals surface area contributed by atoms with Crippen LogP contribution in [0.5, 0.6) is 0 Å². The normalized spacial score (nSPS) is 115. The van der Waals surface area contributed by atoms with E-state index in [9.17, 15) is 5.11 Å². The van der Waals surface area contributed by atoms with Crippen LogP contribution < -0.4 is 0 Å². The van der Waals surface area contributed by atoms with Gasteiger partial charge in [0, 0.05) is 0 Å². The topological polar surface area (TPSA) is 20.2 Å². The summed E-state index contributed by atoms with van der Waals surface area (Å²) >= 11 is 1.99. The number of unbranched alkanes of at least 4 members (excludes halogenated alkanes) is 1. The summed E-state index contributed by atoms with van der Waals surface area (Å²) in [4.78, 5) is 12.2. The summed E-state index contributed by atoms with van der Waals surface area (Å²) in [7, 11) is 0. The van der Waals surface area contributed by atoms with Gasteiger partial charge in [-0.1, -0.05) is 0 Å². The van der Waals surface area contributed by atoms with E-state index in [1.807, 2.05) is 11.8 Å². The van der Waals surface area contributed by atoms with E-state index in [4.69, 9.17) is 0 Å². The molecule has 0 amide bonds. The maximum absolute atomic E-state index is 11.1. The van der Waals surface area contributed by atoms with Crippen LogP contribution in [-0.2, 0) is 6.51 Å². The van der Waals surface area contributed by atoms with Gasteiger partial charge in [0.15, 0.2) is 0 Å². The van der Waals surface area contributed by atoms with E-state index in [0.29, 0.717) is 0 Å². The first-order valence-corrected chi connectivity index (χ1v) is 15.4. The molecule has 5 atom stereocenters. The SMILES string of the molecule is CCCCSC(O)[C]12[CH]3[CH]4[CH]5[CH]1[Fe]45321678[CH]2[CH]1[CH]6[CH]7[CH]28. The van der Waals surface area contributed by atoms with E-state index in [0.717, 1.165) is 4.31 Å². The van der Waals surface area contributed by atoms with Crippen LogP contribution in [0.4, 0.5) is 0 Å². The van der Waals surface area contributed by atoms with Crippen molar-refractivity contribution in [2.75, 3.05) is 5.75 Å². The summed E-state index contributed by atoms with van der Waals surface area (Å²) in [5.74, 6) is 1.23. The van der Waals surface area contributed by atoms with Crippen molar-refractivity contribution in [3.05, 3.63) is 0 Å². The van der Waals surface area contributed by atoms with Gasteiger partial charge in [0.25, 0.3) is 0 Å². The molecule has 3 heteroatoms. The average molecular weight is 304 g/mol. The molecule has 5 unspecified atom stereocenters. The Morgan fingerprint density at radius 1 is 1.06 bits per heavy atom. The van der Waals surface area contributed by atoms with Crippen LogP contribution in [0.1, 0.15) is 19.8 Å².